The van der Waals surface area contributed by atoms with Crippen LogP contribution >= 0.6 is 0 Å². The second-order valence-corrected chi connectivity index (χ2v) is 5.89. The molecule has 3 heteroatoms. The maximum Gasteiger partial charge on any atom is 0.0489 e. The standard InChI is InChI=1S/C16H24N2O/c17-18-16(13-7-9-19-10-8-13)15-6-2-5-14(11-15)12-3-1-4-12/h2,5-6,11-13,16,18H,1,3-4,7-10,17H2. The predicted molar refractivity (Wildman–Crippen MR) is 76.6 cm³/mol. The number of benzene rings is 1. The molecule has 0 amide bonds. The van der Waals surface area contributed by atoms with Crippen molar-refractivity contribution in [2.24, 2.45) is 11.8 Å². The first kappa shape index (κ1) is 13.1. The highest BCUT2D eigenvalue weighted by atomic mass is 16.5. The minimum Gasteiger partial charge on any atom is -0.381 e. The van der Waals surface area contributed by atoms with Crippen molar-refractivity contribution in [3.63, 3.8) is 0 Å². The van der Waals surface area contributed by atoms with Crippen molar-refractivity contribution in [2.75, 3.05) is 13.2 Å². The molecule has 1 aromatic rings. The van der Waals surface area contributed by atoms with E-state index in [1.807, 2.05) is 0 Å². The van der Waals surface area contributed by atoms with E-state index in [0.29, 0.717) is 5.92 Å². The molecular formula is C16H24N2O. The normalized spacial score (nSPS) is 23.0. The summed E-state index contributed by atoms with van der Waals surface area (Å²) >= 11 is 0. The van der Waals surface area contributed by atoms with Crippen molar-refractivity contribution >= 4 is 0 Å². The molecular weight excluding hydrogens is 236 g/mol. The molecule has 104 valence electrons. The molecule has 3 rings (SSSR count). The lowest BCUT2D eigenvalue weighted by Crippen LogP contribution is -2.36. The molecule has 1 aromatic carbocycles. The molecule has 19 heavy (non-hydrogen) atoms. The van der Waals surface area contributed by atoms with Gasteiger partial charge in [0.15, 0.2) is 0 Å². The van der Waals surface area contributed by atoms with Gasteiger partial charge in [-0.25, -0.2) is 0 Å². The van der Waals surface area contributed by atoms with E-state index in [1.165, 1.54) is 30.4 Å². The fourth-order valence-corrected chi connectivity index (χ4v) is 3.30. The maximum atomic E-state index is 5.82. The molecule has 3 nitrogen and oxygen atoms in total. The van der Waals surface area contributed by atoms with Gasteiger partial charge < -0.3 is 4.74 Å². The van der Waals surface area contributed by atoms with E-state index >= 15 is 0 Å². The summed E-state index contributed by atoms with van der Waals surface area (Å²) in [7, 11) is 0. The van der Waals surface area contributed by atoms with Crippen molar-refractivity contribution < 1.29 is 4.74 Å². The molecule has 2 aliphatic rings. The van der Waals surface area contributed by atoms with E-state index in [4.69, 9.17) is 10.6 Å². The van der Waals surface area contributed by atoms with Gasteiger partial charge in [-0.05, 0) is 48.6 Å². The minimum absolute atomic E-state index is 0.268. The Labute approximate surface area is 115 Å². The van der Waals surface area contributed by atoms with Crippen LogP contribution in [0.5, 0.6) is 0 Å². The van der Waals surface area contributed by atoms with Crippen LogP contribution in [-0.4, -0.2) is 13.2 Å². The van der Waals surface area contributed by atoms with Crippen LogP contribution in [0.3, 0.4) is 0 Å². The third-order valence-corrected chi connectivity index (χ3v) is 4.76. The fraction of sp³-hybridized carbons (Fsp3) is 0.625. The van der Waals surface area contributed by atoms with E-state index in [0.717, 1.165) is 32.0 Å². The highest BCUT2D eigenvalue weighted by molar-refractivity contribution is 5.30. The van der Waals surface area contributed by atoms with Crippen LogP contribution < -0.4 is 11.3 Å². The Morgan fingerprint density at radius 3 is 2.58 bits per heavy atom. The Morgan fingerprint density at radius 1 is 1.16 bits per heavy atom. The van der Waals surface area contributed by atoms with Crippen molar-refractivity contribution in [2.45, 2.75) is 44.1 Å². The molecule has 0 aromatic heterocycles. The SMILES string of the molecule is NNC(c1cccc(C2CCC2)c1)C1CCOCC1. The average Bonchev–Trinajstić information content (AvgIpc) is 2.39. The first-order valence-electron chi connectivity index (χ1n) is 7.52. The van der Waals surface area contributed by atoms with Crippen LogP contribution in [-0.2, 0) is 4.74 Å². The lowest BCUT2D eigenvalue weighted by atomic mass is 9.78. The number of nitrogens with two attached hydrogens (primary N) is 1. The van der Waals surface area contributed by atoms with E-state index in [9.17, 15) is 0 Å². The number of hydrogen-bond donors (Lipinski definition) is 2. The summed E-state index contributed by atoms with van der Waals surface area (Å²) in [6.07, 6.45) is 6.28. The molecule has 0 bridgehead atoms. The Morgan fingerprint density at radius 2 is 1.95 bits per heavy atom. The topological polar surface area (TPSA) is 47.3 Å². The van der Waals surface area contributed by atoms with Gasteiger partial charge in [-0.2, -0.15) is 0 Å². The molecule has 3 N–H and O–H groups in total. The molecule has 0 radical (unpaired) electrons. The summed E-state index contributed by atoms with van der Waals surface area (Å²) < 4.78 is 5.45. The van der Waals surface area contributed by atoms with Crippen LogP contribution in [0.4, 0.5) is 0 Å². The molecule has 1 unspecified atom stereocenters. The first-order valence-corrected chi connectivity index (χ1v) is 7.52. The van der Waals surface area contributed by atoms with Crippen molar-refractivity contribution in [3.05, 3.63) is 35.4 Å². The highest BCUT2D eigenvalue weighted by Gasteiger charge is 2.26. The van der Waals surface area contributed by atoms with Crippen LogP contribution in [0.25, 0.3) is 0 Å². The first-order chi connectivity index (χ1) is 9.38. The molecule has 1 aliphatic heterocycles. The highest BCUT2D eigenvalue weighted by Crippen LogP contribution is 2.38. The zero-order valence-electron chi connectivity index (χ0n) is 11.5. The lowest BCUT2D eigenvalue weighted by molar-refractivity contribution is 0.0536. The van der Waals surface area contributed by atoms with Gasteiger partial charge in [0.1, 0.15) is 0 Å². The van der Waals surface area contributed by atoms with Crippen LogP contribution in [0.1, 0.15) is 55.2 Å². The summed E-state index contributed by atoms with van der Waals surface area (Å²) in [5, 5.41) is 0. The van der Waals surface area contributed by atoms with Crippen molar-refractivity contribution in [1.82, 2.24) is 5.43 Å². The zero-order valence-corrected chi connectivity index (χ0v) is 11.5. The van der Waals surface area contributed by atoms with Gasteiger partial charge in [0.2, 0.25) is 0 Å². The number of nitrogens with one attached hydrogen (secondary N) is 1. The van der Waals surface area contributed by atoms with E-state index < -0.39 is 0 Å². The summed E-state index contributed by atoms with van der Waals surface area (Å²) in [5.74, 6) is 7.20. The summed E-state index contributed by atoms with van der Waals surface area (Å²) in [6, 6.07) is 9.30. The number of hydrogen-bond acceptors (Lipinski definition) is 3. The lowest BCUT2D eigenvalue weighted by Gasteiger charge is -2.31. The monoisotopic (exact) mass is 260 g/mol. The smallest absolute Gasteiger partial charge is 0.0489 e. The van der Waals surface area contributed by atoms with Gasteiger partial charge in [0.05, 0.1) is 0 Å². The maximum absolute atomic E-state index is 5.82. The molecule has 1 saturated heterocycles. The Kier molecular flexibility index (Phi) is 4.16. The Hall–Kier alpha value is -0.900. The zero-order chi connectivity index (χ0) is 13.1. The second-order valence-electron chi connectivity index (χ2n) is 5.89. The molecule has 1 heterocycles. The van der Waals surface area contributed by atoms with Gasteiger partial charge >= 0.3 is 0 Å². The van der Waals surface area contributed by atoms with Gasteiger partial charge in [-0.15, -0.1) is 0 Å². The third-order valence-electron chi connectivity index (χ3n) is 4.76. The minimum atomic E-state index is 0.268. The summed E-state index contributed by atoms with van der Waals surface area (Å²) in [6.45, 7) is 1.73. The summed E-state index contributed by atoms with van der Waals surface area (Å²) in [5.41, 5.74) is 5.88. The van der Waals surface area contributed by atoms with E-state index in [-0.39, 0.29) is 6.04 Å². The number of hydrazine groups is 1. The van der Waals surface area contributed by atoms with E-state index in [1.54, 1.807) is 0 Å². The number of ether oxygens (including phenoxy) is 1. The quantitative estimate of drug-likeness (QED) is 0.646. The Balaban J connectivity index is 1.77. The Bertz CT molecular complexity index is 411. The van der Waals surface area contributed by atoms with E-state index in [2.05, 4.69) is 29.7 Å². The molecule has 1 saturated carbocycles. The van der Waals surface area contributed by atoms with Gasteiger partial charge in [0, 0.05) is 19.3 Å². The van der Waals surface area contributed by atoms with Crippen LogP contribution in [0.2, 0.25) is 0 Å². The van der Waals surface area contributed by atoms with Gasteiger partial charge in [-0.1, -0.05) is 30.7 Å². The van der Waals surface area contributed by atoms with Crippen molar-refractivity contribution in [3.8, 4) is 0 Å². The molecule has 1 atom stereocenters. The molecule has 0 spiro atoms. The molecule has 1 aliphatic carbocycles. The van der Waals surface area contributed by atoms with Gasteiger partial charge in [-0.3, -0.25) is 11.3 Å². The molecule has 2 fully saturated rings. The third kappa shape index (κ3) is 2.83. The summed E-state index contributed by atoms with van der Waals surface area (Å²) in [4.78, 5) is 0. The largest absolute Gasteiger partial charge is 0.381 e. The predicted octanol–water partition coefficient (Wildman–Crippen LogP) is 2.89. The van der Waals surface area contributed by atoms with Crippen LogP contribution in [0.15, 0.2) is 24.3 Å². The second kappa shape index (κ2) is 6.04. The number of rotatable bonds is 4. The van der Waals surface area contributed by atoms with Crippen molar-refractivity contribution in [1.29, 1.82) is 0 Å². The average molecular weight is 260 g/mol. The van der Waals surface area contributed by atoms with Gasteiger partial charge in [0.25, 0.3) is 0 Å². The van der Waals surface area contributed by atoms with Crippen LogP contribution in [0, 0.1) is 5.92 Å². The fourth-order valence-electron chi connectivity index (χ4n) is 3.30.